The highest BCUT2D eigenvalue weighted by Gasteiger charge is 2.07. The van der Waals surface area contributed by atoms with Crippen LogP contribution in [0.15, 0.2) is 30.7 Å². The molecule has 1 atom stereocenters. The average Bonchev–Trinajstić information content (AvgIpc) is 2.77. The number of rotatable bonds is 3. The standard InChI is InChI=1S/C11H16N4/c1-9(12)10-4-3-6-15(10)8-11-13-5-7-14(11)2/h3-7,9H,8,12H2,1-2H3. The largest absolute Gasteiger partial charge is 0.342 e. The molecular formula is C11H16N4. The van der Waals surface area contributed by atoms with E-state index in [0.29, 0.717) is 0 Å². The van der Waals surface area contributed by atoms with Crippen molar-refractivity contribution in [2.75, 3.05) is 0 Å². The van der Waals surface area contributed by atoms with Crippen molar-refractivity contribution in [2.24, 2.45) is 12.8 Å². The summed E-state index contributed by atoms with van der Waals surface area (Å²) in [7, 11) is 2.00. The van der Waals surface area contributed by atoms with E-state index in [9.17, 15) is 0 Å². The summed E-state index contributed by atoms with van der Waals surface area (Å²) in [6, 6.07) is 4.12. The fraction of sp³-hybridized carbons (Fsp3) is 0.364. The lowest BCUT2D eigenvalue weighted by molar-refractivity contribution is 0.638. The summed E-state index contributed by atoms with van der Waals surface area (Å²) < 4.78 is 4.15. The molecule has 2 heterocycles. The summed E-state index contributed by atoms with van der Waals surface area (Å²) in [5.41, 5.74) is 7.01. The lowest BCUT2D eigenvalue weighted by atomic mass is 10.2. The molecule has 2 N–H and O–H groups in total. The first-order valence-corrected chi connectivity index (χ1v) is 5.05. The van der Waals surface area contributed by atoms with Gasteiger partial charge in [0, 0.05) is 37.4 Å². The summed E-state index contributed by atoms with van der Waals surface area (Å²) in [6.45, 7) is 2.76. The maximum absolute atomic E-state index is 5.88. The molecular weight excluding hydrogens is 188 g/mol. The Hall–Kier alpha value is -1.55. The van der Waals surface area contributed by atoms with Gasteiger partial charge in [-0.3, -0.25) is 0 Å². The fourth-order valence-electron chi connectivity index (χ4n) is 1.69. The molecule has 1 unspecified atom stereocenters. The molecule has 2 rings (SSSR count). The summed E-state index contributed by atoms with van der Waals surface area (Å²) in [6.07, 6.45) is 5.79. The van der Waals surface area contributed by atoms with Gasteiger partial charge in [-0.15, -0.1) is 0 Å². The fourth-order valence-corrected chi connectivity index (χ4v) is 1.69. The van der Waals surface area contributed by atoms with Crippen LogP contribution in [0.4, 0.5) is 0 Å². The Labute approximate surface area is 89.3 Å². The van der Waals surface area contributed by atoms with Gasteiger partial charge in [-0.25, -0.2) is 4.98 Å². The quantitative estimate of drug-likeness (QED) is 0.819. The summed E-state index contributed by atoms with van der Waals surface area (Å²) in [5, 5.41) is 0. The number of aromatic nitrogens is 3. The third-order valence-electron chi connectivity index (χ3n) is 2.56. The molecule has 80 valence electrons. The molecule has 0 spiro atoms. The molecule has 2 aromatic heterocycles. The molecule has 0 fully saturated rings. The zero-order valence-electron chi connectivity index (χ0n) is 9.09. The molecule has 15 heavy (non-hydrogen) atoms. The number of nitrogens with zero attached hydrogens (tertiary/aromatic N) is 3. The Bertz CT molecular complexity index is 439. The molecule has 2 aromatic rings. The molecule has 0 aliphatic rings. The van der Waals surface area contributed by atoms with E-state index in [1.807, 2.05) is 49.3 Å². The van der Waals surface area contributed by atoms with Crippen LogP contribution in [-0.2, 0) is 13.6 Å². The minimum atomic E-state index is 0.0558. The van der Waals surface area contributed by atoms with E-state index in [-0.39, 0.29) is 6.04 Å². The van der Waals surface area contributed by atoms with Gasteiger partial charge >= 0.3 is 0 Å². The molecule has 4 nitrogen and oxygen atoms in total. The number of hydrogen-bond donors (Lipinski definition) is 1. The lowest BCUT2D eigenvalue weighted by Gasteiger charge is -2.11. The molecule has 0 aliphatic carbocycles. The van der Waals surface area contributed by atoms with E-state index in [2.05, 4.69) is 9.55 Å². The van der Waals surface area contributed by atoms with Crippen LogP contribution in [0.5, 0.6) is 0 Å². The summed E-state index contributed by atoms with van der Waals surface area (Å²) >= 11 is 0. The highest BCUT2D eigenvalue weighted by Crippen LogP contribution is 2.12. The van der Waals surface area contributed by atoms with Crippen LogP contribution in [0, 0.1) is 0 Å². The van der Waals surface area contributed by atoms with Crippen LogP contribution < -0.4 is 5.73 Å². The van der Waals surface area contributed by atoms with Gasteiger partial charge in [-0.2, -0.15) is 0 Å². The zero-order valence-corrected chi connectivity index (χ0v) is 9.09. The summed E-state index contributed by atoms with van der Waals surface area (Å²) in [4.78, 5) is 4.29. The van der Waals surface area contributed by atoms with Gasteiger partial charge in [0.05, 0.1) is 6.54 Å². The first-order chi connectivity index (χ1) is 7.18. The van der Waals surface area contributed by atoms with Crippen molar-refractivity contribution >= 4 is 0 Å². The van der Waals surface area contributed by atoms with Gasteiger partial charge in [-0.05, 0) is 19.1 Å². The number of nitrogens with two attached hydrogens (primary N) is 1. The predicted molar refractivity (Wildman–Crippen MR) is 59.3 cm³/mol. The van der Waals surface area contributed by atoms with Crippen molar-refractivity contribution < 1.29 is 0 Å². The molecule has 0 radical (unpaired) electrons. The van der Waals surface area contributed by atoms with Crippen LogP contribution in [-0.4, -0.2) is 14.1 Å². The van der Waals surface area contributed by atoms with Gasteiger partial charge in [0.15, 0.2) is 0 Å². The Morgan fingerprint density at radius 2 is 2.27 bits per heavy atom. The Morgan fingerprint density at radius 3 is 2.87 bits per heavy atom. The van der Waals surface area contributed by atoms with Crippen LogP contribution in [0.25, 0.3) is 0 Å². The first-order valence-electron chi connectivity index (χ1n) is 5.05. The normalized spacial score (nSPS) is 13.0. The SMILES string of the molecule is CC(N)c1cccn1Cc1nccn1C. The van der Waals surface area contributed by atoms with E-state index in [1.165, 1.54) is 0 Å². The number of aryl methyl sites for hydroxylation is 1. The van der Waals surface area contributed by atoms with Crippen molar-refractivity contribution in [2.45, 2.75) is 19.5 Å². The third kappa shape index (κ3) is 1.94. The first kappa shape index (κ1) is 9.98. The Morgan fingerprint density at radius 1 is 1.47 bits per heavy atom. The van der Waals surface area contributed by atoms with Gasteiger partial charge in [-0.1, -0.05) is 0 Å². The lowest BCUT2D eigenvalue weighted by Crippen LogP contribution is -2.14. The van der Waals surface area contributed by atoms with Crippen LogP contribution >= 0.6 is 0 Å². The van der Waals surface area contributed by atoms with E-state index in [4.69, 9.17) is 5.73 Å². The second kappa shape index (κ2) is 3.90. The average molecular weight is 204 g/mol. The molecule has 4 heteroatoms. The Kier molecular flexibility index (Phi) is 2.60. The highest BCUT2D eigenvalue weighted by atomic mass is 15.1. The molecule has 0 aromatic carbocycles. The highest BCUT2D eigenvalue weighted by molar-refractivity contribution is 5.12. The number of imidazole rings is 1. The molecule has 0 saturated heterocycles. The second-order valence-electron chi connectivity index (χ2n) is 3.80. The predicted octanol–water partition coefficient (Wildman–Crippen LogP) is 1.29. The second-order valence-corrected chi connectivity index (χ2v) is 3.80. The van der Waals surface area contributed by atoms with E-state index >= 15 is 0 Å². The van der Waals surface area contributed by atoms with E-state index in [0.717, 1.165) is 18.1 Å². The van der Waals surface area contributed by atoms with Crippen molar-refractivity contribution in [1.29, 1.82) is 0 Å². The number of hydrogen-bond acceptors (Lipinski definition) is 2. The minimum absolute atomic E-state index is 0.0558. The maximum atomic E-state index is 5.88. The van der Waals surface area contributed by atoms with Gasteiger partial charge < -0.3 is 14.9 Å². The maximum Gasteiger partial charge on any atom is 0.128 e. The van der Waals surface area contributed by atoms with E-state index in [1.54, 1.807) is 0 Å². The minimum Gasteiger partial charge on any atom is -0.342 e. The Balaban J connectivity index is 2.25. The van der Waals surface area contributed by atoms with Crippen LogP contribution in [0.3, 0.4) is 0 Å². The van der Waals surface area contributed by atoms with Crippen LogP contribution in [0.1, 0.15) is 24.5 Å². The van der Waals surface area contributed by atoms with Gasteiger partial charge in [0.1, 0.15) is 5.82 Å². The van der Waals surface area contributed by atoms with Crippen molar-refractivity contribution in [1.82, 2.24) is 14.1 Å². The smallest absolute Gasteiger partial charge is 0.128 e. The van der Waals surface area contributed by atoms with Crippen molar-refractivity contribution in [3.63, 3.8) is 0 Å². The van der Waals surface area contributed by atoms with Crippen LogP contribution in [0.2, 0.25) is 0 Å². The summed E-state index contributed by atoms with van der Waals surface area (Å²) in [5.74, 6) is 1.04. The molecule has 0 amide bonds. The van der Waals surface area contributed by atoms with E-state index < -0.39 is 0 Å². The van der Waals surface area contributed by atoms with Gasteiger partial charge in [0.25, 0.3) is 0 Å². The third-order valence-corrected chi connectivity index (χ3v) is 2.56. The topological polar surface area (TPSA) is 48.8 Å². The monoisotopic (exact) mass is 204 g/mol. The molecule has 0 aliphatic heterocycles. The van der Waals surface area contributed by atoms with Crippen molar-refractivity contribution in [3.05, 3.63) is 42.2 Å². The zero-order chi connectivity index (χ0) is 10.8. The molecule has 0 bridgehead atoms. The molecule has 0 saturated carbocycles. The van der Waals surface area contributed by atoms with Gasteiger partial charge in [0.2, 0.25) is 0 Å². The van der Waals surface area contributed by atoms with Crippen molar-refractivity contribution in [3.8, 4) is 0 Å².